The molecule has 0 aromatic heterocycles. The van der Waals surface area contributed by atoms with E-state index in [-0.39, 0.29) is 24.7 Å². The molecule has 1 aromatic carbocycles. The first-order chi connectivity index (χ1) is 12.7. The number of nitrogens with one attached hydrogen (secondary N) is 2. The number of esters is 1. The van der Waals surface area contributed by atoms with Crippen molar-refractivity contribution in [3.8, 4) is 5.75 Å². The minimum absolute atomic E-state index is 0.00392. The molecule has 0 aliphatic carbocycles. The number of urea groups is 1. The van der Waals surface area contributed by atoms with Crippen LogP contribution in [-0.2, 0) is 14.3 Å². The van der Waals surface area contributed by atoms with Gasteiger partial charge in [0.15, 0.2) is 6.61 Å². The molecule has 2 amide bonds. The van der Waals surface area contributed by atoms with E-state index in [1.54, 1.807) is 24.3 Å². The first kappa shape index (κ1) is 18.5. The van der Waals surface area contributed by atoms with Crippen molar-refractivity contribution >= 4 is 17.7 Å². The van der Waals surface area contributed by atoms with E-state index < -0.39 is 5.97 Å². The molecular weight excluding hydrogens is 338 g/mol. The summed E-state index contributed by atoms with van der Waals surface area (Å²) in [6.07, 6.45) is 2.42. The lowest BCUT2D eigenvalue weighted by molar-refractivity contribution is -0.142. The van der Waals surface area contributed by atoms with Gasteiger partial charge in [-0.3, -0.25) is 4.90 Å². The molecule has 142 valence electrons. The molecule has 0 unspecified atom stereocenters. The number of ether oxygens (including phenoxy) is 3. The number of rotatable bonds is 6. The quantitative estimate of drug-likeness (QED) is 0.739. The first-order valence-corrected chi connectivity index (χ1v) is 8.84. The maximum absolute atomic E-state index is 12.3. The summed E-state index contributed by atoms with van der Waals surface area (Å²) in [7, 11) is 1.31. The molecule has 0 saturated carbocycles. The van der Waals surface area contributed by atoms with Crippen molar-refractivity contribution in [1.29, 1.82) is 0 Å². The van der Waals surface area contributed by atoms with E-state index in [2.05, 4.69) is 20.3 Å². The average molecular weight is 363 g/mol. The molecule has 0 spiro atoms. The highest BCUT2D eigenvalue weighted by atomic mass is 16.6. The molecule has 1 aromatic rings. The molecular formula is C18H25N3O5. The van der Waals surface area contributed by atoms with E-state index in [1.165, 1.54) is 20.0 Å². The Labute approximate surface area is 152 Å². The normalized spacial score (nSPS) is 22.8. The Bertz CT molecular complexity index is 616. The number of hydrogen-bond donors (Lipinski definition) is 2. The van der Waals surface area contributed by atoms with Gasteiger partial charge in [-0.1, -0.05) is 0 Å². The average Bonchev–Trinajstić information content (AvgIpc) is 3.32. The largest absolute Gasteiger partial charge is 0.482 e. The van der Waals surface area contributed by atoms with Crippen LogP contribution in [0.3, 0.4) is 0 Å². The zero-order valence-corrected chi connectivity index (χ0v) is 14.9. The number of hydrogen-bond acceptors (Lipinski definition) is 6. The second-order valence-electron chi connectivity index (χ2n) is 6.44. The van der Waals surface area contributed by atoms with E-state index in [9.17, 15) is 9.59 Å². The molecule has 2 aliphatic heterocycles. The van der Waals surface area contributed by atoms with Crippen LogP contribution in [0.2, 0.25) is 0 Å². The predicted molar refractivity (Wildman–Crippen MR) is 95.3 cm³/mol. The van der Waals surface area contributed by atoms with Crippen molar-refractivity contribution in [2.75, 3.05) is 45.3 Å². The first-order valence-electron chi connectivity index (χ1n) is 8.84. The lowest BCUT2D eigenvalue weighted by Gasteiger charge is -2.27. The molecule has 2 atom stereocenters. The summed E-state index contributed by atoms with van der Waals surface area (Å²) in [5.74, 6) is 0.0811. The Kier molecular flexibility index (Phi) is 6.30. The van der Waals surface area contributed by atoms with Gasteiger partial charge in [0.1, 0.15) is 5.75 Å². The van der Waals surface area contributed by atoms with Gasteiger partial charge in [-0.2, -0.15) is 0 Å². The third-order valence-corrected chi connectivity index (χ3v) is 4.67. The zero-order valence-electron chi connectivity index (χ0n) is 14.9. The van der Waals surface area contributed by atoms with Gasteiger partial charge in [-0.25, -0.2) is 9.59 Å². The number of carbonyl (C=O) groups excluding carboxylic acids is 2. The Morgan fingerprint density at radius 2 is 1.92 bits per heavy atom. The van der Waals surface area contributed by atoms with Gasteiger partial charge in [-0.05, 0) is 50.2 Å². The lowest BCUT2D eigenvalue weighted by atomic mass is 10.1. The fraction of sp³-hybridized carbons (Fsp3) is 0.556. The van der Waals surface area contributed by atoms with E-state index >= 15 is 0 Å². The van der Waals surface area contributed by atoms with E-state index in [1.807, 2.05) is 0 Å². The van der Waals surface area contributed by atoms with E-state index in [0.29, 0.717) is 24.7 Å². The fourth-order valence-corrected chi connectivity index (χ4v) is 3.29. The molecule has 2 N–H and O–H groups in total. The highest BCUT2D eigenvalue weighted by Gasteiger charge is 2.35. The summed E-state index contributed by atoms with van der Waals surface area (Å²) >= 11 is 0. The molecule has 3 rings (SSSR count). The van der Waals surface area contributed by atoms with Crippen LogP contribution in [0.15, 0.2) is 24.3 Å². The summed E-state index contributed by atoms with van der Waals surface area (Å²) < 4.78 is 15.4. The summed E-state index contributed by atoms with van der Waals surface area (Å²) in [5.41, 5.74) is 0.643. The van der Waals surface area contributed by atoms with Gasteiger partial charge < -0.3 is 24.8 Å². The number of amides is 2. The van der Waals surface area contributed by atoms with Crippen LogP contribution in [0.5, 0.6) is 5.75 Å². The molecule has 26 heavy (non-hydrogen) atoms. The molecule has 0 bridgehead atoms. The Morgan fingerprint density at radius 1 is 1.19 bits per heavy atom. The van der Waals surface area contributed by atoms with Crippen LogP contribution in [0.25, 0.3) is 0 Å². The van der Waals surface area contributed by atoms with Gasteiger partial charge >= 0.3 is 12.0 Å². The summed E-state index contributed by atoms with van der Waals surface area (Å²) in [6.45, 7) is 3.19. The van der Waals surface area contributed by atoms with Crippen molar-refractivity contribution in [3.05, 3.63) is 24.3 Å². The van der Waals surface area contributed by atoms with Gasteiger partial charge in [0.2, 0.25) is 0 Å². The van der Waals surface area contributed by atoms with Gasteiger partial charge in [0, 0.05) is 5.69 Å². The summed E-state index contributed by atoms with van der Waals surface area (Å²) in [4.78, 5) is 25.7. The summed E-state index contributed by atoms with van der Waals surface area (Å²) in [5, 5.41) is 5.82. The van der Waals surface area contributed by atoms with E-state index in [4.69, 9.17) is 9.47 Å². The molecule has 8 nitrogen and oxygen atoms in total. The lowest BCUT2D eigenvalue weighted by Crippen LogP contribution is -2.51. The molecule has 8 heteroatoms. The molecule has 2 aliphatic rings. The number of benzene rings is 1. The summed E-state index contributed by atoms with van der Waals surface area (Å²) in [6, 6.07) is 6.79. The van der Waals surface area contributed by atoms with Crippen LogP contribution in [0.4, 0.5) is 10.5 Å². The minimum atomic E-state index is -0.446. The molecule has 0 radical (unpaired) electrons. The van der Waals surface area contributed by atoms with Crippen LogP contribution in [0, 0.1) is 0 Å². The van der Waals surface area contributed by atoms with E-state index in [0.717, 1.165) is 13.1 Å². The third-order valence-electron chi connectivity index (χ3n) is 4.67. The number of likely N-dealkylation sites (tertiary alicyclic amines) is 1. The maximum Gasteiger partial charge on any atom is 0.343 e. The van der Waals surface area contributed by atoms with Crippen LogP contribution >= 0.6 is 0 Å². The van der Waals surface area contributed by atoms with Crippen LogP contribution < -0.4 is 15.4 Å². The van der Waals surface area contributed by atoms with Crippen LogP contribution in [-0.4, -0.2) is 69.0 Å². The topological polar surface area (TPSA) is 89.1 Å². The van der Waals surface area contributed by atoms with Crippen molar-refractivity contribution in [2.24, 2.45) is 0 Å². The number of nitrogens with zero attached hydrogens (tertiary/aromatic N) is 1. The van der Waals surface area contributed by atoms with Crippen molar-refractivity contribution in [1.82, 2.24) is 10.2 Å². The predicted octanol–water partition coefficient (Wildman–Crippen LogP) is 1.22. The molecule has 2 saturated heterocycles. The second kappa shape index (κ2) is 8.86. The highest BCUT2D eigenvalue weighted by Crippen LogP contribution is 2.20. The second-order valence-corrected chi connectivity index (χ2v) is 6.44. The van der Waals surface area contributed by atoms with Gasteiger partial charge in [0.25, 0.3) is 0 Å². The van der Waals surface area contributed by atoms with Crippen molar-refractivity contribution in [3.63, 3.8) is 0 Å². The minimum Gasteiger partial charge on any atom is -0.482 e. The number of methoxy groups -OCH3 is 1. The van der Waals surface area contributed by atoms with Crippen molar-refractivity contribution < 1.29 is 23.8 Å². The fourth-order valence-electron chi connectivity index (χ4n) is 3.29. The van der Waals surface area contributed by atoms with Crippen molar-refractivity contribution in [2.45, 2.75) is 24.9 Å². The smallest absolute Gasteiger partial charge is 0.343 e. The third kappa shape index (κ3) is 4.86. The van der Waals surface area contributed by atoms with Crippen LogP contribution in [0.1, 0.15) is 12.8 Å². The maximum atomic E-state index is 12.3. The van der Waals surface area contributed by atoms with Gasteiger partial charge in [-0.15, -0.1) is 0 Å². The molecule has 2 heterocycles. The zero-order chi connectivity index (χ0) is 18.4. The number of anilines is 1. The molecule has 2 fully saturated rings. The monoisotopic (exact) mass is 363 g/mol. The Hall–Kier alpha value is -2.32. The van der Waals surface area contributed by atoms with Gasteiger partial charge in [0.05, 0.1) is 32.4 Å². The Morgan fingerprint density at radius 3 is 2.62 bits per heavy atom. The highest BCUT2D eigenvalue weighted by molar-refractivity contribution is 5.89. The SMILES string of the molecule is COC(=O)COc1ccc(NC(=O)N[C@@H]2COC[C@H]2N2CCCC2)cc1. The Balaban J connectivity index is 1.47. The number of carbonyl (C=O) groups is 2. The standard InChI is InChI=1S/C18H25N3O5/c1-24-17(22)12-26-14-6-4-13(5-7-14)19-18(23)20-15-10-25-11-16(15)21-8-2-3-9-21/h4-7,15-16H,2-3,8-12H2,1H3,(H2,19,20,23)/t15-,16-/m1/s1.